The van der Waals surface area contributed by atoms with E-state index in [0.717, 1.165) is 54.3 Å². The monoisotopic (exact) mass is 530 g/mol. The van der Waals surface area contributed by atoms with Gasteiger partial charge < -0.3 is 10.2 Å². The Morgan fingerprint density at radius 3 is 2.76 bits per heavy atom. The molecule has 9 heteroatoms. The van der Waals surface area contributed by atoms with Gasteiger partial charge in [0.1, 0.15) is 11.6 Å². The molecule has 0 saturated carbocycles. The summed E-state index contributed by atoms with van der Waals surface area (Å²) in [4.78, 5) is 25.5. The quantitative estimate of drug-likeness (QED) is 0.381. The van der Waals surface area contributed by atoms with Crippen molar-refractivity contribution in [2.45, 2.75) is 39.3 Å². The number of fused-ring (bicyclic) bond motifs is 1. The number of rotatable bonds is 6. The smallest absolute Gasteiger partial charge is 0.267 e. The van der Waals surface area contributed by atoms with E-state index in [2.05, 4.69) is 20.2 Å². The summed E-state index contributed by atoms with van der Waals surface area (Å²) in [7, 11) is 2.03. The van der Waals surface area contributed by atoms with Crippen LogP contribution in [0.3, 0.4) is 0 Å². The molecule has 4 aromatic rings. The van der Waals surface area contributed by atoms with Crippen LogP contribution in [0.1, 0.15) is 35.4 Å². The molecule has 3 heterocycles. The molecule has 2 aromatic heterocycles. The van der Waals surface area contributed by atoms with E-state index in [1.54, 1.807) is 13.1 Å². The lowest BCUT2D eigenvalue weighted by Crippen LogP contribution is -2.35. The van der Waals surface area contributed by atoms with E-state index in [9.17, 15) is 14.4 Å². The molecule has 0 bridgehead atoms. The summed E-state index contributed by atoms with van der Waals surface area (Å²) < 4.78 is 15.7. The Kier molecular flexibility index (Phi) is 7.26. The van der Waals surface area contributed by atoms with Crippen molar-refractivity contribution in [2.24, 2.45) is 0 Å². The number of nitrogens with one attached hydrogen (secondary N) is 1. The molecule has 0 amide bonds. The molecule has 1 aliphatic heterocycles. The molecule has 194 valence electrons. The lowest BCUT2D eigenvalue weighted by Gasteiger charge is -2.23. The summed E-state index contributed by atoms with van der Waals surface area (Å²) in [6.07, 6.45) is 4.00. The van der Waals surface area contributed by atoms with E-state index in [4.69, 9.17) is 11.6 Å². The topological polar surface area (TPSA) is 86.8 Å². The molecule has 1 aliphatic rings. The highest BCUT2D eigenvalue weighted by Crippen LogP contribution is 2.31. The lowest BCUT2D eigenvalue weighted by atomic mass is 9.97. The van der Waals surface area contributed by atoms with Crippen LogP contribution in [-0.4, -0.2) is 45.6 Å². The summed E-state index contributed by atoms with van der Waals surface area (Å²) in [6.45, 7) is 5.95. The second-order valence-electron chi connectivity index (χ2n) is 9.97. The standard InChI is InChI=1S/C29H28ClFN6O/c1-17-7-20(11-21(30)8-17)25-14-34-28-27(26(25)16-36(3)15-23-5-4-6-33-23)29(38)37(18(2)35-28)24-10-19(13-32)9-22(31)12-24/h7-12,14,23,33H,4-6,15-16H2,1-3H3/t23-/m0/s1. The second kappa shape index (κ2) is 10.6. The first-order chi connectivity index (χ1) is 18.2. The van der Waals surface area contributed by atoms with Gasteiger partial charge in [0, 0.05) is 35.9 Å². The van der Waals surface area contributed by atoms with Crippen LogP contribution in [-0.2, 0) is 6.54 Å². The van der Waals surface area contributed by atoms with Crippen LogP contribution in [0.5, 0.6) is 0 Å². The molecule has 0 unspecified atom stereocenters. The highest BCUT2D eigenvalue weighted by atomic mass is 35.5. The first-order valence-corrected chi connectivity index (χ1v) is 12.9. The van der Waals surface area contributed by atoms with Crippen molar-refractivity contribution in [1.82, 2.24) is 24.8 Å². The third-order valence-corrected chi connectivity index (χ3v) is 7.14. The number of aromatic nitrogens is 3. The fraction of sp³-hybridized carbons (Fsp3) is 0.310. The first kappa shape index (κ1) is 26.0. The maximum absolute atomic E-state index is 14.4. The lowest BCUT2D eigenvalue weighted by molar-refractivity contribution is 0.294. The summed E-state index contributed by atoms with van der Waals surface area (Å²) >= 11 is 6.41. The Bertz CT molecular complexity index is 1620. The minimum absolute atomic E-state index is 0.122. The van der Waals surface area contributed by atoms with Gasteiger partial charge in [-0.3, -0.25) is 9.36 Å². The Morgan fingerprint density at radius 2 is 2.05 bits per heavy atom. The van der Waals surface area contributed by atoms with E-state index < -0.39 is 5.82 Å². The van der Waals surface area contributed by atoms with E-state index in [-0.39, 0.29) is 16.8 Å². The van der Waals surface area contributed by atoms with Crippen molar-refractivity contribution >= 4 is 22.6 Å². The molecule has 0 radical (unpaired) electrons. The number of aryl methyl sites for hydroxylation is 2. The minimum Gasteiger partial charge on any atom is -0.313 e. The van der Waals surface area contributed by atoms with Gasteiger partial charge in [0.15, 0.2) is 5.65 Å². The molecule has 5 rings (SSSR count). The molecule has 2 aromatic carbocycles. The van der Waals surface area contributed by atoms with Crippen molar-refractivity contribution in [1.29, 1.82) is 5.26 Å². The summed E-state index contributed by atoms with van der Waals surface area (Å²) in [6, 6.07) is 12.0. The highest BCUT2D eigenvalue weighted by Gasteiger charge is 2.22. The molecule has 7 nitrogen and oxygen atoms in total. The number of nitrogens with zero attached hydrogens (tertiary/aromatic N) is 5. The average Bonchev–Trinajstić information content (AvgIpc) is 3.35. The summed E-state index contributed by atoms with van der Waals surface area (Å²) in [5, 5.41) is 13.8. The molecular formula is C29H28ClFN6O. The predicted octanol–water partition coefficient (Wildman–Crippen LogP) is 4.91. The van der Waals surface area contributed by atoms with Crippen LogP contribution in [0.4, 0.5) is 4.39 Å². The molecule has 1 fully saturated rings. The Morgan fingerprint density at radius 1 is 1.24 bits per heavy atom. The van der Waals surface area contributed by atoms with Gasteiger partial charge in [0.25, 0.3) is 5.56 Å². The van der Waals surface area contributed by atoms with Gasteiger partial charge in [-0.15, -0.1) is 0 Å². The van der Waals surface area contributed by atoms with Gasteiger partial charge in [0.2, 0.25) is 0 Å². The van der Waals surface area contributed by atoms with Crippen LogP contribution in [0.2, 0.25) is 5.02 Å². The SMILES string of the molecule is Cc1cc(Cl)cc(-c2cnc3nc(C)n(-c4cc(F)cc(C#N)c4)c(=O)c3c2CN(C)C[C@@H]2CCCN2)c1. The fourth-order valence-electron chi connectivity index (χ4n) is 5.31. The zero-order valence-electron chi connectivity index (χ0n) is 21.6. The number of benzene rings is 2. The van der Waals surface area contributed by atoms with Crippen molar-refractivity contribution in [3.63, 3.8) is 0 Å². The minimum atomic E-state index is -0.601. The maximum Gasteiger partial charge on any atom is 0.267 e. The second-order valence-corrected chi connectivity index (χ2v) is 10.4. The molecule has 1 N–H and O–H groups in total. The molecule has 38 heavy (non-hydrogen) atoms. The third-order valence-electron chi connectivity index (χ3n) is 6.92. The molecule has 0 spiro atoms. The zero-order chi connectivity index (χ0) is 27.0. The van der Waals surface area contributed by atoms with E-state index >= 15 is 0 Å². The maximum atomic E-state index is 14.4. The highest BCUT2D eigenvalue weighted by molar-refractivity contribution is 6.31. The van der Waals surface area contributed by atoms with Gasteiger partial charge in [-0.05, 0) is 87.3 Å². The molecule has 1 atom stereocenters. The van der Waals surface area contributed by atoms with Gasteiger partial charge in [-0.2, -0.15) is 5.26 Å². The fourth-order valence-corrected chi connectivity index (χ4v) is 5.60. The average molecular weight is 531 g/mol. The number of hydrogen-bond donors (Lipinski definition) is 1. The number of nitriles is 1. The Hall–Kier alpha value is -3.64. The number of likely N-dealkylation sites (N-methyl/N-ethyl adjacent to an activating group) is 1. The van der Waals surface area contributed by atoms with E-state index in [1.165, 1.54) is 16.7 Å². The van der Waals surface area contributed by atoms with Gasteiger partial charge in [0.05, 0.1) is 22.7 Å². The summed E-state index contributed by atoms with van der Waals surface area (Å²) in [5.41, 5.74) is 3.75. The van der Waals surface area contributed by atoms with Crippen molar-refractivity contribution < 1.29 is 4.39 Å². The zero-order valence-corrected chi connectivity index (χ0v) is 22.3. The number of hydrogen-bond acceptors (Lipinski definition) is 6. The third kappa shape index (κ3) is 5.18. The van der Waals surface area contributed by atoms with Crippen LogP contribution in [0.15, 0.2) is 47.4 Å². The van der Waals surface area contributed by atoms with Crippen LogP contribution in [0.25, 0.3) is 27.8 Å². The van der Waals surface area contributed by atoms with Crippen LogP contribution >= 0.6 is 11.6 Å². The van der Waals surface area contributed by atoms with Gasteiger partial charge in [-0.25, -0.2) is 14.4 Å². The Labute approximate surface area is 225 Å². The summed E-state index contributed by atoms with van der Waals surface area (Å²) in [5.74, 6) is -0.249. The van der Waals surface area contributed by atoms with Crippen LogP contribution < -0.4 is 10.9 Å². The first-order valence-electron chi connectivity index (χ1n) is 12.6. The molecule has 1 saturated heterocycles. The van der Waals surface area contributed by atoms with Crippen molar-refractivity contribution in [3.05, 3.63) is 86.3 Å². The predicted molar refractivity (Wildman–Crippen MR) is 147 cm³/mol. The van der Waals surface area contributed by atoms with Gasteiger partial charge in [-0.1, -0.05) is 17.7 Å². The normalized spacial score (nSPS) is 15.3. The number of halogens is 2. The largest absolute Gasteiger partial charge is 0.313 e. The van der Waals surface area contributed by atoms with Crippen molar-refractivity contribution in [2.75, 3.05) is 20.1 Å². The molecular weight excluding hydrogens is 503 g/mol. The molecule has 0 aliphatic carbocycles. The van der Waals surface area contributed by atoms with E-state index in [0.29, 0.717) is 34.5 Å². The van der Waals surface area contributed by atoms with Crippen molar-refractivity contribution in [3.8, 4) is 22.9 Å². The van der Waals surface area contributed by atoms with Gasteiger partial charge >= 0.3 is 0 Å². The van der Waals surface area contributed by atoms with Crippen LogP contribution in [0, 0.1) is 31.0 Å². The number of pyridine rings is 1. The Balaban J connectivity index is 1.75. The van der Waals surface area contributed by atoms with E-state index in [1.807, 2.05) is 38.2 Å².